The Labute approximate surface area is 120 Å². The average Bonchev–Trinajstić information content (AvgIpc) is 2.40. The predicted octanol–water partition coefficient (Wildman–Crippen LogP) is 2.62. The maximum absolute atomic E-state index is 10.6. The van der Waals surface area contributed by atoms with E-state index in [4.69, 9.17) is 9.47 Å². The molecular formula is C16H24O4. The molecule has 1 saturated heterocycles. The Kier molecular flexibility index (Phi) is 8.07. The van der Waals surface area contributed by atoms with Crippen LogP contribution >= 0.6 is 0 Å². The molecule has 2 rings (SSSR count). The highest BCUT2D eigenvalue weighted by Crippen LogP contribution is 2.12. The highest BCUT2D eigenvalue weighted by molar-refractivity contribution is 5.87. The molecule has 20 heavy (non-hydrogen) atoms. The Balaban J connectivity index is 0.000000200. The van der Waals surface area contributed by atoms with Crippen molar-refractivity contribution in [3.63, 3.8) is 0 Å². The zero-order valence-corrected chi connectivity index (χ0v) is 12.4. The Morgan fingerprint density at radius 2 is 1.75 bits per heavy atom. The van der Waals surface area contributed by atoms with Crippen molar-refractivity contribution >= 4 is 11.6 Å². The number of ketones is 2. The number of carbonyl (C=O) groups excluding carboxylic acids is 2. The van der Waals surface area contributed by atoms with Crippen molar-refractivity contribution < 1.29 is 19.1 Å². The first-order chi connectivity index (χ1) is 9.58. The fourth-order valence-corrected chi connectivity index (χ4v) is 2.11. The van der Waals surface area contributed by atoms with Crippen molar-refractivity contribution in [3.05, 3.63) is 23.3 Å². The van der Waals surface area contributed by atoms with E-state index < -0.39 is 0 Å². The van der Waals surface area contributed by atoms with E-state index in [1.807, 2.05) is 6.08 Å². The minimum absolute atomic E-state index is 0.150. The zero-order valence-electron chi connectivity index (χ0n) is 12.4. The molecule has 1 fully saturated rings. The van der Waals surface area contributed by atoms with Crippen LogP contribution in [0.15, 0.2) is 23.3 Å². The molecule has 0 atom stereocenters. The van der Waals surface area contributed by atoms with Crippen molar-refractivity contribution in [2.24, 2.45) is 0 Å². The van der Waals surface area contributed by atoms with E-state index in [1.165, 1.54) is 11.1 Å². The lowest BCUT2D eigenvalue weighted by atomic mass is 10.1. The van der Waals surface area contributed by atoms with Gasteiger partial charge in [0.2, 0.25) is 0 Å². The van der Waals surface area contributed by atoms with Crippen LogP contribution in [0.25, 0.3) is 0 Å². The van der Waals surface area contributed by atoms with Gasteiger partial charge in [-0.05, 0) is 39.2 Å². The fourth-order valence-electron chi connectivity index (χ4n) is 2.11. The zero-order chi connectivity index (χ0) is 14.8. The maximum Gasteiger partial charge on any atom is 0.152 e. The van der Waals surface area contributed by atoms with Crippen LogP contribution in [0, 0.1) is 0 Å². The van der Waals surface area contributed by atoms with E-state index in [0.717, 1.165) is 39.1 Å². The molecule has 0 radical (unpaired) electrons. The molecule has 112 valence electrons. The van der Waals surface area contributed by atoms with E-state index in [1.54, 1.807) is 19.9 Å². The summed E-state index contributed by atoms with van der Waals surface area (Å²) in [6.45, 7) is 6.22. The molecule has 2 heterocycles. The largest absolute Gasteiger partial charge is 0.381 e. The van der Waals surface area contributed by atoms with Gasteiger partial charge in [-0.1, -0.05) is 17.2 Å². The van der Waals surface area contributed by atoms with Gasteiger partial charge in [0.05, 0.1) is 26.4 Å². The van der Waals surface area contributed by atoms with Gasteiger partial charge in [0.1, 0.15) is 5.78 Å². The first kappa shape index (κ1) is 16.8. The third-order valence-electron chi connectivity index (χ3n) is 3.08. The van der Waals surface area contributed by atoms with E-state index in [0.29, 0.717) is 13.0 Å². The van der Waals surface area contributed by atoms with Gasteiger partial charge in [-0.3, -0.25) is 9.59 Å². The summed E-state index contributed by atoms with van der Waals surface area (Å²) in [6, 6.07) is 0. The molecule has 0 amide bonds. The first-order valence-corrected chi connectivity index (χ1v) is 7.10. The third-order valence-corrected chi connectivity index (χ3v) is 3.08. The molecule has 0 aromatic rings. The second-order valence-corrected chi connectivity index (χ2v) is 5.09. The smallest absolute Gasteiger partial charge is 0.152 e. The van der Waals surface area contributed by atoms with Gasteiger partial charge in [0.25, 0.3) is 0 Å². The normalized spacial score (nSPS) is 18.5. The van der Waals surface area contributed by atoms with E-state index in [9.17, 15) is 9.59 Å². The molecule has 0 aromatic heterocycles. The average molecular weight is 280 g/mol. The molecule has 0 saturated carbocycles. The van der Waals surface area contributed by atoms with Crippen LogP contribution in [-0.2, 0) is 19.1 Å². The maximum atomic E-state index is 10.6. The number of allylic oxidation sites excluding steroid dienone is 1. The lowest BCUT2D eigenvalue weighted by Gasteiger charge is -2.13. The summed E-state index contributed by atoms with van der Waals surface area (Å²) in [6.07, 6.45) is 7.13. The predicted molar refractivity (Wildman–Crippen MR) is 77.6 cm³/mol. The monoisotopic (exact) mass is 280 g/mol. The number of Topliss-reactive ketones (excluding diaryl/α,β-unsaturated/α-hetero) is 1. The Hall–Kier alpha value is -1.26. The third kappa shape index (κ3) is 8.02. The van der Waals surface area contributed by atoms with Gasteiger partial charge >= 0.3 is 0 Å². The van der Waals surface area contributed by atoms with Crippen LogP contribution < -0.4 is 0 Å². The molecule has 2 aliphatic heterocycles. The minimum atomic E-state index is 0.150. The lowest BCUT2D eigenvalue weighted by Crippen LogP contribution is -2.08. The van der Waals surface area contributed by atoms with Gasteiger partial charge in [-0.15, -0.1) is 0 Å². The van der Waals surface area contributed by atoms with Crippen LogP contribution in [0.4, 0.5) is 0 Å². The van der Waals surface area contributed by atoms with Crippen molar-refractivity contribution in [2.75, 3.05) is 26.4 Å². The molecule has 0 unspecified atom stereocenters. The summed E-state index contributed by atoms with van der Waals surface area (Å²) in [5.74, 6) is 0.394. The van der Waals surface area contributed by atoms with Crippen LogP contribution in [0.1, 0.15) is 39.5 Å². The minimum Gasteiger partial charge on any atom is -0.381 e. The fraction of sp³-hybridized carbons (Fsp3) is 0.625. The highest BCUT2D eigenvalue weighted by atomic mass is 16.5. The van der Waals surface area contributed by atoms with Gasteiger partial charge in [0.15, 0.2) is 5.78 Å². The number of ether oxygens (including phenoxy) is 2. The molecule has 0 N–H and O–H groups in total. The molecule has 0 aromatic carbocycles. The molecule has 2 aliphatic rings. The van der Waals surface area contributed by atoms with Crippen LogP contribution in [-0.4, -0.2) is 38.0 Å². The topological polar surface area (TPSA) is 52.6 Å². The molecule has 0 spiro atoms. The summed E-state index contributed by atoms with van der Waals surface area (Å²) in [5.41, 5.74) is 2.47. The molecule has 4 nitrogen and oxygen atoms in total. The van der Waals surface area contributed by atoms with E-state index in [-0.39, 0.29) is 11.6 Å². The van der Waals surface area contributed by atoms with Crippen LogP contribution in [0.3, 0.4) is 0 Å². The Morgan fingerprint density at radius 1 is 1.10 bits per heavy atom. The molecule has 0 aliphatic carbocycles. The van der Waals surface area contributed by atoms with E-state index >= 15 is 0 Å². The number of hydrogen-bond acceptors (Lipinski definition) is 4. The number of rotatable bonds is 3. The second kappa shape index (κ2) is 9.61. The Bertz CT molecular complexity index is 385. The lowest BCUT2D eigenvalue weighted by molar-refractivity contribution is -0.116. The molecule has 0 bridgehead atoms. The van der Waals surface area contributed by atoms with E-state index in [2.05, 4.69) is 0 Å². The van der Waals surface area contributed by atoms with Crippen molar-refractivity contribution in [1.82, 2.24) is 0 Å². The van der Waals surface area contributed by atoms with Crippen LogP contribution in [0.5, 0.6) is 0 Å². The number of hydrogen-bond donors (Lipinski definition) is 0. The summed E-state index contributed by atoms with van der Waals surface area (Å²) >= 11 is 0. The first-order valence-electron chi connectivity index (χ1n) is 7.10. The molecular weight excluding hydrogens is 256 g/mol. The summed E-state index contributed by atoms with van der Waals surface area (Å²) in [4.78, 5) is 21.2. The van der Waals surface area contributed by atoms with Gasteiger partial charge in [0, 0.05) is 6.42 Å². The Morgan fingerprint density at radius 3 is 2.25 bits per heavy atom. The SMILES string of the molecule is CC(=O)C=C1CCOCC1.CC(=O)CC1=CCOCC1. The second-order valence-electron chi connectivity index (χ2n) is 5.09. The van der Waals surface area contributed by atoms with Crippen molar-refractivity contribution in [3.8, 4) is 0 Å². The van der Waals surface area contributed by atoms with Crippen molar-refractivity contribution in [1.29, 1.82) is 0 Å². The summed E-state index contributed by atoms with van der Waals surface area (Å²) in [5, 5.41) is 0. The van der Waals surface area contributed by atoms with Gasteiger partial charge in [-0.25, -0.2) is 0 Å². The van der Waals surface area contributed by atoms with Gasteiger partial charge in [-0.2, -0.15) is 0 Å². The molecule has 4 heteroatoms. The summed E-state index contributed by atoms with van der Waals surface area (Å²) < 4.78 is 10.2. The van der Waals surface area contributed by atoms with Crippen molar-refractivity contribution in [2.45, 2.75) is 39.5 Å². The van der Waals surface area contributed by atoms with Crippen LogP contribution in [0.2, 0.25) is 0 Å². The van der Waals surface area contributed by atoms with Gasteiger partial charge < -0.3 is 9.47 Å². The quantitative estimate of drug-likeness (QED) is 0.589. The standard InChI is InChI=1S/2C8H12O2/c2*1-7(9)6-8-2-4-10-5-3-8/h6H,2-5H2,1H3;2H,3-6H2,1H3. The highest BCUT2D eigenvalue weighted by Gasteiger charge is 2.05. The summed E-state index contributed by atoms with van der Waals surface area (Å²) in [7, 11) is 0. The number of carbonyl (C=O) groups is 2.